The van der Waals surface area contributed by atoms with Gasteiger partial charge in [0.25, 0.3) is 15.9 Å². The largest absolute Gasteiger partial charge is 0.495 e. The number of carbonyl (C=O) groups is 1. The molecule has 0 radical (unpaired) electrons. The van der Waals surface area contributed by atoms with Gasteiger partial charge in [-0.25, -0.2) is 8.42 Å². The molecule has 0 saturated carbocycles. The van der Waals surface area contributed by atoms with Crippen LogP contribution >= 0.6 is 0 Å². The predicted octanol–water partition coefficient (Wildman–Crippen LogP) is 3.29. The summed E-state index contributed by atoms with van der Waals surface area (Å²) in [6.07, 6.45) is 0. The third-order valence-electron chi connectivity index (χ3n) is 4.04. The number of nitrogens with one attached hydrogen (secondary N) is 1. The van der Waals surface area contributed by atoms with Crippen LogP contribution in [0.5, 0.6) is 5.75 Å². The van der Waals surface area contributed by atoms with Gasteiger partial charge in [-0.3, -0.25) is 9.52 Å². The summed E-state index contributed by atoms with van der Waals surface area (Å²) in [4.78, 5) is 14.1. The van der Waals surface area contributed by atoms with Crippen LogP contribution in [0.1, 0.15) is 29.8 Å². The Labute approximate surface area is 154 Å². The molecule has 2 aromatic rings. The van der Waals surface area contributed by atoms with Crippen molar-refractivity contribution in [2.24, 2.45) is 0 Å². The maximum atomic E-state index is 12.8. The minimum Gasteiger partial charge on any atom is -0.495 e. The molecule has 0 aliphatic heterocycles. The van der Waals surface area contributed by atoms with Crippen LogP contribution in [-0.2, 0) is 10.0 Å². The molecule has 1 N–H and O–H groups in total. The fourth-order valence-electron chi connectivity index (χ4n) is 2.59. The van der Waals surface area contributed by atoms with Crippen molar-refractivity contribution < 1.29 is 17.9 Å². The molecule has 0 fully saturated rings. The highest BCUT2D eigenvalue weighted by atomic mass is 32.2. The highest BCUT2D eigenvalue weighted by Crippen LogP contribution is 2.28. The van der Waals surface area contributed by atoms with E-state index in [4.69, 9.17) is 4.74 Å². The van der Waals surface area contributed by atoms with Gasteiger partial charge in [0.05, 0.1) is 17.7 Å². The number of ether oxygens (including phenoxy) is 1. The molecule has 0 heterocycles. The molecule has 26 heavy (non-hydrogen) atoms. The van der Waals surface area contributed by atoms with Crippen molar-refractivity contribution in [2.45, 2.75) is 25.7 Å². The highest BCUT2D eigenvalue weighted by molar-refractivity contribution is 7.92. The Balaban J connectivity index is 2.37. The third kappa shape index (κ3) is 4.35. The number of sulfonamides is 1. The van der Waals surface area contributed by atoms with E-state index in [1.165, 1.54) is 19.2 Å². The summed E-state index contributed by atoms with van der Waals surface area (Å²) in [7, 11) is -2.38. The van der Waals surface area contributed by atoms with Gasteiger partial charge in [-0.05, 0) is 56.7 Å². The first-order chi connectivity index (χ1) is 12.3. The number of anilines is 1. The van der Waals surface area contributed by atoms with Crippen molar-refractivity contribution >= 4 is 21.6 Å². The Morgan fingerprint density at radius 3 is 2.42 bits per heavy atom. The smallest absolute Gasteiger partial charge is 0.262 e. The van der Waals surface area contributed by atoms with Crippen LogP contribution in [-0.4, -0.2) is 39.4 Å². The van der Waals surface area contributed by atoms with E-state index in [2.05, 4.69) is 4.72 Å². The summed E-state index contributed by atoms with van der Waals surface area (Å²) in [6, 6.07) is 11.3. The summed E-state index contributed by atoms with van der Waals surface area (Å²) in [5, 5.41) is 0. The van der Waals surface area contributed by atoms with Crippen LogP contribution in [0.4, 0.5) is 5.69 Å². The normalized spacial score (nSPS) is 11.1. The lowest BCUT2D eigenvalue weighted by atomic mass is 10.2. The van der Waals surface area contributed by atoms with Crippen molar-refractivity contribution in [2.75, 3.05) is 24.9 Å². The van der Waals surface area contributed by atoms with Crippen LogP contribution in [0.3, 0.4) is 0 Å². The molecule has 2 rings (SSSR count). The average molecular weight is 376 g/mol. The first-order valence-electron chi connectivity index (χ1n) is 8.39. The van der Waals surface area contributed by atoms with E-state index in [-0.39, 0.29) is 10.8 Å². The van der Waals surface area contributed by atoms with Crippen LogP contribution < -0.4 is 9.46 Å². The molecule has 0 saturated heterocycles. The molecule has 2 aromatic carbocycles. The van der Waals surface area contributed by atoms with E-state index in [9.17, 15) is 13.2 Å². The van der Waals surface area contributed by atoms with Crippen molar-refractivity contribution in [3.05, 3.63) is 53.6 Å². The van der Waals surface area contributed by atoms with Crippen LogP contribution in [0.15, 0.2) is 47.4 Å². The Hall–Kier alpha value is -2.54. The second-order valence-electron chi connectivity index (χ2n) is 5.81. The zero-order chi connectivity index (χ0) is 19.3. The minimum absolute atomic E-state index is 0.0269. The summed E-state index contributed by atoms with van der Waals surface area (Å²) in [6.45, 7) is 6.75. The van der Waals surface area contributed by atoms with Gasteiger partial charge in [-0.2, -0.15) is 0 Å². The third-order valence-corrected chi connectivity index (χ3v) is 5.40. The number of benzene rings is 2. The monoisotopic (exact) mass is 376 g/mol. The van der Waals surface area contributed by atoms with E-state index < -0.39 is 10.0 Å². The summed E-state index contributed by atoms with van der Waals surface area (Å²) >= 11 is 0. The van der Waals surface area contributed by atoms with Crippen LogP contribution in [0, 0.1) is 6.92 Å². The zero-order valence-corrected chi connectivity index (χ0v) is 16.3. The lowest BCUT2D eigenvalue weighted by molar-refractivity contribution is 0.0772. The number of carbonyl (C=O) groups excluding carboxylic acids is 1. The van der Waals surface area contributed by atoms with Crippen molar-refractivity contribution in [3.8, 4) is 5.75 Å². The van der Waals surface area contributed by atoms with E-state index in [1.54, 1.807) is 29.2 Å². The van der Waals surface area contributed by atoms with Crippen molar-refractivity contribution in [1.29, 1.82) is 0 Å². The molecule has 0 aliphatic carbocycles. The van der Waals surface area contributed by atoms with Gasteiger partial charge >= 0.3 is 0 Å². The topological polar surface area (TPSA) is 75.7 Å². The molecule has 1 amide bonds. The first kappa shape index (κ1) is 19.8. The zero-order valence-electron chi connectivity index (χ0n) is 15.4. The maximum Gasteiger partial charge on any atom is 0.262 e. The second-order valence-corrected chi connectivity index (χ2v) is 7.50. The van der Waals surface area contributed by atoms with Gasteiger partial charge in [0.2, 0.25) is 0 Å². The number of amides is 1. The molecule has 0 aromatic heterocycles. The fourth-order valence-corrected chi connectivity index (χ4v) is 3.70. The van der Waals surface area contributed by atoms with E-state index in [0.29, 0.717) is 30.1 Å². The molecule has 0 unspecified atom stereocenters. The highest BCUT2D eigenvalue weighted by Gasteiger charge is 2.20. The fraction of sp³-hybridized carbons (Fsp3) is 0.316. The lowest BCUT2D eigenvalue weighted by Crippen LogP contribution is -2.30. The van der Waals surface area contributed by atoms with E-state index >= 15 is 0 Å². The Morgan fingerprint density at radius 2 is 1.81 bits per heavy atom. The summed E-state index contributed by atoms with van der Waals surface area (Å²) in [5.41, 5.74) is 1.59. The van der Waals surface area contributed by atoms with Crippen LogP contribution in [0.2, 0.25) is 0 Å². The second kappa shape index (κ2) is 8.23. The quantitative estimate of drug-likeness (QED) is 0.805. The number of hydrogen-bond donors (Lipinski definition) is 1. The standard InChI is InChI=1S/C19H24N2O4S/c1-5-21(6-2)19(22)15-8-7-9-16(13-15)26(23,24)20-17-12-14(3)10-11-18(17)25-4/h7-13,20H,5-6H2,1-4H3. The number of aryl methyl sites for hydroxylation is 1. The number of rotatable bonds is 7. The van der Waals surface area contributed by atoms with Gasteiger partial charge in [0.1, 0.15) is 5.75 Å². The van der Waals surface area contributed by atoms with Gasteiger partial charge < -0.3 is 9.64 Å². The van der Waals surface area contributed by atoms with E-state index in [1.807, 2.05) is 26.8 Å². The van der Waals surface area contributed by atoms with Gasteiger partial charge in [0.15, 0.2) is 0 Å². The number of nitrogens with zero attached hydrogens (tertiary/aromatic N) is 1. The molecular formula is C19H24N2O4S. The predicted molar refractivity (Wildman–Crippen MR) is 102 cm³/mol. The molecular weight excluding hydrogens is 352 g/mol. The maximum absolute atomic E-state index is 12.8. The van der Waals surface area contributed by atoms with Gasteiger partial charge in [-0.15, -0.1) is 0 Å². The Kier molecular flexibility index (Phi) is 6.26. The first-order valence-corrected chi connectivity index (χ1v) is 9.87. The van der Waals surface area contributed by atoms with E-state index in [0.717, 1.165) is 5.56 Å². The molecule has 140 valence electrons. The molecule has 0 aliphatic rings. The lowest BCUT2D eigenvalue weighted by Gasteiger charge is -2.19. The summed E-state index contributed by atoms with van der Waals surface area (Å²) in [5.74, 6) is 0.231. The summed E-state index contributed by atoms with van der Waals surface area (Å²) < 4.78 is 33.3. The van der Waals surface area contributed by atoms with Gasteiger partial charge in [0, 0.05) is 18.7 Å². The Bertz CT molecular complexity index is 890. The molecule has 0 spiro atoms. The van der Waals surface area contributed by atoms with Crippen molar-refractivity contribution in [1.82, 2.24) is 4.90 Å². The van der Waals surface area contributed by atoms with Crippen molar-refractivity contribution in [3.63, 3.8) is 0 Å². The SMILES string of the molecule is CCN(CC)C(=O)c1cccc(S(=O)(=O)Nc2cc(C)ccc2OC)c1. The number of methoxy groups -OCH3 is 1. The average Bonchev–Trinajstić information content (AvgIpc) is 2.62. The molecule has 0 atom stereocenters. The van der Waals surface area contributed by atoms with Crippen LogP contribution in [0.25, 0.3) is 0 Å². The van der Waals surface area contributed by atoms with Gasteiger partial charge in [-0.1, -0.05) is 12.1 Å². The molecule has 7 heteroatoms. The number of hydrogen-bond acceptors (Lipinski definition) is 4. The minimum atomic E-state index is -3.86. The molecule has 6 nitrogen and oxygen atoms in total. The molecule has 0 bridgehead atoms. The Morgan fingerprint density at radius 1 is 1.12 bits per heavy atom.